The molecule has 0 saturated carbocycles. The molecule has 0 aliphatic rings. The quantitative estimate of drug-likeness (QED) is 0.880. The predicted octanol–water partition coefficient (Wildman–Crippen LogP) is 2.62. The standard InChI is InChI=1S/C14H20N2O/c1-10-11(2)16(8-4-7-15)14-9-12(17-3)5-6-13(10)14/h5-6,9H,4,7-8,15H2,1-3H3. The first-order valence-corrected chi connectivity index (χ1v) is 6.02. The topological polar surface area (TPSA) is 40.2 Å². The van der Waals surface area contributed by atoms with Crippen LogP contribution in [-0.2, 0) is 6.54 Å². The van der Waals surface area contributed by atoms with Gasteiger partial charge >= 0.3 is 0 Å². The third kappa shape index (κ3) is 2.03. The normalized spacial score (nSPS) is 11.1. The number of benzene rings is 1. The number of hydrogen-bond donors (Lipinski definition) is 1. The van der Waals surface area contributed by atoms with Gasteiger partial charge in [-0.25, -0.2) is 0 Å². The van der Waals surface area contributed by atoms with E-state index < -0.39 is 0 Å². The number of nitrogens with two attached hydrogens (primary N) is 1. The lowest BCUT2D eigenvalue weighted by atomic mass is 10.1. The summed E-state index contributed by atoms with van der Waals surface area (Å²) >= 11 is 0. The zero-order valence-corrected chi connectivity index (χ0v) is 10.8. The molecular weight excluding hydrogens is 212 g/mol. The first kappa shape index (κ1) is 12.0. The zero-order chi connectivity index (χ0) is 12.4. The van der Waals surface area contributed by atoms with Crippen molar-refractivity contribution in [2.45, 2.75) is 26.8 Å². The van der Waals surface area contributed by atoms with Gasteiger partial charge in [0.15, 0.2) is 0 Å². The summed E-state index contributed by atoms with van der Waals surface area (Å²) < 4.78 is 7.63. The van der Waals surface area contributed by atoms with E-state index in [1.165, 1.54) is 22.2 Å². The highest BCUT2D eigenvalue weighted by Crippen LogP contribution is 2.28. The Morgan fingerprint density at radius 3 is 2.71 bits per heavy atom. The fourth-order valence-electron chi connectivity index (χ4n) is 2.29. The van der Waals surface area contributed by atoms with Crippen molar-refractivity contribution in [2.75, 3.05) is 13.7 Å². The van der Waals surface area contributed by atoms with E-state index in [4.69, 9.17) is 10.5 Å². The van der Waals surface area contributed by atoms with Crippen LogP contribution in [-0.4, -0.2) is 18.2 Å². The summed E-state index contributed by atoms with van der Waals surface area (Å²) in [6, 6.07) is 6.25. The van der Waals surface area contributed by atoms with E-state index in [0.717, 1.165) is 25.3 Å². The van der Waals surface area contributed by atoms with Crippen molar-refractivity contribution in [1.29, 1.82) is 0 Å². The summed E-state index contributed by atoms with van der Waals surface area (Å²) in [5.74, 6) is 0.906. The smallest absolute Gasteiger partial charge is 0.120 e. The fraction of sp³-hybridized carbons (Fsp3) is 0.429. The minimum Gasteiger partial charge on any atom is -0.497 e. The van der Waals surface area contributed by atoms with E-state index >= 15 is 0 Å². The van der Waals surface area contributed by atoms with Gasteiger partial charge in [0, 0.05) is 23.7 Å². The van der Waals surface area contributed by atoms with E-state index in [2.05, 4.69) is 30.5 Å². The van der Waals surface area contributed by atoms with Crippen molar-refractivity contribution in [3.63, 3.8) is 0 Å². The molecule has 0 atom stereocenters. The second-order valence-electron chi connectivity index (χ2n) is 4.39. The molecule has 1 aromatic carbocycles. The van der Waals surface area contributed by atoms with Gasteiger partial charge in [-0.1, -0.05) is 0 Å². The monoisotopic (exact) mass is 232 g/mol. The van der Waals surface area contributed by atoms with Crippen molar-refractivity contribution in [3.05, 3.63) is 29.5 Å². The zero-order valence-electron chi connectivity index (χ0n) is 10.8. The average Bonchev–Trinajstić information content (AvgIpc) is 2.59. The van der Waals surface area contributed by atoms with Gasteiger partial charge in [0.05, 0.1) is 12.6 Å². The van der Waals surface area contributed by atoms with Crippen molar-refractivity contribution >= 4 is 10.9 Å². The number of ether oxygens (including phenoxy) is 1. The van der Waals surface area contributed by atoms with E-state index in [0.29, 0.717) is 0 Å². The SMILES string of the molecule is COc1ccc2c(C)c(C)n(CCCN)c2c1. The Hall–Kier alpha value is -1.48. The van der Waals surface area contributed by atoms with Gasteiger partial charge in [-0.15, -0.1) is 0 Å². The second-order valence-corrected chi connectivity index (χ2v) is 4.39. The second kappa shape index (κ2) is 4.80. The average molecular weight is 232 g/mol. The van der Waals surface area contributed by atoms with Crippen molar-refractivity contribution in [3.8, 4) is 5.75 Å². The van der Waals surface area contributed by atoms with Crippen LogP contribution in [0.1, 0.15) is 17.7 Å². The summed E-state index contributed by atoms with van der Waals surface area (Å²) in [6.45, 7) is 6.03. The maximum Gasteiger partial charge on any atom is 0.120 e. The molecule has 0 fully saturated rings. The van der Waals surface area contributed by atoms with Gasteiger partial charge in [0.1, 0.15) is 5.75 Å². The van der Waals surface area contributed by atoms with E-state index in [-0.39, 0.29) is 0 Å². The molecule has 0 amide bonds. The van der Waals surface area contributed by atoms with Gasteiger partial charge < -0.3 is 15.0 Å². The highest BCUT2D eigenvalue weighted by molar-refractivity contribution is 5.86. The third-order valence-electron chi connectivity index (χ3n) is 3.43. The molecule has 1 heterocycles. The molecule has 0 spiro atoms. The molecule has 1 aromatic heterocycles. The van der Waals surface area contributed by atoms with E-state index in [9.17, 15) is 0 Å². The van der Waals surface area contributed by atoms with Gasteiger partial charge in [-0.3, -0.25) is 0 Å². The minimum atomic E-state index is 0.724. The molecule has 0 aliphatic heterocycles. The highest BCUT2D eigenvalue weighted by Gasteiger charge is 2.10. The lowest BCUT2D eigenvalue weighted by Crippen LogP contribution is -2.06. The van der Waals surface area contributed by atoms with Crippen molar-refractivity contribution in [2.24, 2.45) is 5.73 Å². The summed E-state index contributed by atoms with van der Waals surface area (Å²) in [4.78, 5) is 0. The van der Waals surface area contributed by atoms with Crippen molar-refractivity contribution < 1.29 is 4.74 Å². The van der Waals surface area contributed by atoms with Crippen LogP contribution in [0, 0.1) is 13.8 Å². The maximum absolute atomic E-state index is 5.60. The molecule has 92 valence electrons. The first-order valence-electron chi connectivity index (χ1n) is 6.02. The molecule has 2 rings (SSSR count). The van der Waals surface area contributed by atoms with Crippen LogP contribution < -0.4 is 10.5 Å². The first-order chi connectivity index (χ1) is 8.19. The summed E-state index contributed by atoms with van der Waals surface area (Å²) in [7, 11) is 1.70. The van der Waals surface area contributed by atoms with Gasteiger partial charge in [-0.05, 0) is 44.5 Å². The number of methoxy groups -OCH3 is 1. The molecule has 17 heavy (non-hydrogen) atoms. The van der Waals surface area contributed by atoms with E-state index in [1.54, 1.807) is 7.11 Å². The summed E-state index contributed by atoms with van der Waals surface area (Å²) in [5.41, 5.74) is 9.51. The van der Waals surface area contributed by atoms with Crippen LogP contribution in [0.4, 0.5) is 0 Å². The minimum absolute atomic E-state index is 0.724. The van der Waals surface area contributed by atoms with Crippen LogP contribution in [0.25, 0.3) is 10.9 Å². The number of aryl methyl sites for hydroxylation is 2. The maximum atomic E-state index is 5.60. The number of nitrogens with zero attached hydrogens (tertiary/aromatic N) is 1. The molecule has 0 aliphatic carbocycles. The van der Waals surface area contributed by atoms with Crippen molar-refractivity contribution in [1.82, 2.24) is 4.57 Å². The molecule has 3 nitrogen and oxygen atoms in total. The largest absolute Gasteiger partial charge is 0.497 e. The van der Waals surface area contributed by atoms with Gasteiger partial charge in [0.2, 0.25) is 0 Å². The Labute approximate surface area is 102 Å². The molecule has 0 unspecified atom stereocenters. The highest BCUT2D eigenvalue weighted by atomic mass is 16.5. The molecule has 0 bridgehead atoms. The number of fused-ring (bicyclic) bond motifs is 1. The Morgan fingerprint density at radius 1 is 1.29 bits per heavy atom. The van der Waals surface area contributed by atoms with Crippen LogP contribution in [0.15, 0.2) is 18.2 Å². The molecule has 2 N–H and O–H groups in total. The lowest BCUT2D eigenvalue weighted by molar-refractivity contribution is 0.415. The molecule has 0 saturated heterocycles. The summed E-state index contributed by atoms with van der Waals surface area (Å²) in [6.07, 6.45) is 1.00. The Balaban J connectivity index is 2.58. The van der Waals surface area contributed by atoms with Crippen LogP contribution in [0.2, 0.25) is 0 Å². The number of hydrogen-bond acceptors (Lipinski definition) is 2. The van der Waals surface area contributed by atoms with Gasteiger partial charge in [0.25, 0.3) is 0 Å². The lowest BCUT2D eigenvalue weighted by Gasteiger charge is -2.08. The number of aromatic nitrogens is 1. The molecule has 0 radical (unpaired) electrons. The van der Waals surface area contributed by atoms with E-state index in [1.807, 2.05) is 6.07 Å². The number of rotatable bonds is 4. The molecule has 3 heteroatoms. The van der Waals surface area contributed by atoms with Crippen LogP contribution in [0.5, 0.6) is 5.75 Å². The fourth-order valence-corrected chi connectivity index (χ4v) is 2.29. The third-order valence-corrected chi connectivity index (χ3v) is 3.43. The molecule has 2 aromatic rings. The van der Waals surface area contributed by atoms with Gasteiger partial charge in [-0.2, -0.15) is 0 Å². The Morgan fingerprint density at radius 2 is 2.06 bits per heavy atom. The summed E-state index contributed by atoms with van der Waals surface area (Å²) in [5, 5.41) is 1.31. The Bertz CT molecular complexity index is 528. The Kier molecular flexibility index (Phi) is 3.38. The van der Waals surface area contributed by atoms with Crippen LogP contribution in [0.3, 0.4) is 0 Å². The predicted molar refractivity (Wildman–Crippen MR) is 71.6 cm³/mol. The van der Waals surface area contributed by atoms with Crippen LogP contribution >= 0.6 is 0 Å². The molecular formula is C14H20N2O.